The predicted octanol–water partition coefficient (Wildman–Crippen LogP) is 4.02. The fourth-order valence-electron chi connectivity index (χ4n) is 2.76. The Balaban J connectivity index is 1.98. The summed E-state index contributed by atoms with van der Waals surface area (Å²) in [4.78, 5) is 4.62. The van der Waals surface area contributed by atoms with Gasteiger partial charge in [-0.3, -0.25) is 4.40 Å². The number of nitrogens with zero attached hydrogens (tertiary/aromatic N) is 4. The summed E-state index contributed by atoms with van der Waals surface area (Å²) in [5.74, 6) is 2.05. The van der Waals surface area contributed by atoms with Gasteiger partial charge in [0.05, 0.1) is 29.5 Å². The first-order valence-electron chi connectivity index (χ1n) is 8.10. The molecule has 0 aliphatic heterocycles. The van der Waals surface area contributed by atoms with E-state index < -0.39 is 0 Å². The Bertz CT molecular complexity index is 1000. The average Bonchev–Trinajstić information content (AvgIpc) is 3.21. The summed E-state index contributed by atoms with van der Waals surface area (Å²) in [5.41, 5.74) is 3.33. The molecule has 0 bridgehead atoms. The van der Waals surface area contributed by atoms with Crippen molar-refractivity contribution in [1.82, 2.24) is 19.6 Å². The lowest BCUT2D eigenvalue weighted by atomic mass is 10.2. The second kappa shape index (κ2) is 5.96. The molecular formula is C18H18N4O2. The molecule has 4 rings (SSSR count). The molecule has 0 saturated heterocycles. The van der Waals surface area contributed by atoms with Crippen LogP contribution in [0.4, 0.5) is 0 Å². The van der Waals surface area contributed by atoms with Gasteiger partial charge in [0.2, 0.25) is 5.65 Å². The molecule has 0 saturated carbocycles. The number of ether oxygens (including phenoxy) is 1. The monoisotopic (exact) mass is 322 g/mol. The smallest absolute Gasteiger partial charge is 0.260 e. The first-order chi connectivity index (χ1) is 11.8. The van der Waals surface area contributed by atoms with E-state index in [4.69, 9.17) is 9.15 Å². The van der Waals surface area contributed by atoms with Gasteiger partial charge in [-0.2, -0.15) is 0 Å². The van der Waals surface area contributed by atoms with E-state index >= 15 is 0 Å². The third-order valence-corrected chi connectivity index (χ3v) is 4.04. The van der Waals surface area contributed by atoms with Gasteiger partial charge in [0.1, 0.15) is 5.76 Å². The zero-order chi connectivity index (χ0) is 16.5. The molecule has 6 nitrogen and oxygen atoms in total. The molecule has 1 aromatic carbocycles. The van der Waals surface area contributed by atoms with Gasteiger partial charge >= 0.3 is 0 Å². The van der Waals surface area contributed by atoms with E-state index in [1.165, 1.54) is 0 Å². The molecule has 0 unspecified atom stereocenters. The maximum atomic E-state index is 5.87. The molecule has 0 aliphatic carbocycles. The molecule has 0 spiro atoms. The van der Waals surface area contributed by atoms with Crippen molar-refractivity contribution in [3.63, 3.8) is 0 Å². The highest BCUT2D eigenvalue weighted by atomic mass is 16.5. The highest BCUT2D eigenvalue weighted by Gasteiger charge is 2.19. The summed E-state index contributed by atoms with van der Waals surface area (Å²) in [6.07, 6.45) is 3.70. The first-order valence-corrected chi connectivity index (χ1v) is 8.10. The zero-order valence-corrected chi connectivity index (χ0v) is 13.7. The van der Waals surface area contributed by atoms with Crippen molar-refractivity contribution in [3.05, 3.63) is 42.4 Å². The van der Waals surface area contributed by atoms with Crippen LogP contribution in [0.2, 0.25) is 0 Å². The number of para-hydroxylation sites is 2. The second-order valence-corrected chi connectivity index (χ2v) is 5.68. The van der Waals surface area contributed by atoms with Crippen molar-refractivity contribution >= 4 is 16.7 Å². The van der Waals surface area contributed by atoms with E-state index in [9.17, 15) is 0 Å². The van der Waals surface area contributed by atoms with Crippen LogP contribution in [-0.2, 0) is 0 Å². The van der Waals surface area contributed by atoms with Crippen molar-refractivity contribution in [2.45, 2.75) is 26.7 Å². The molecule has 3 aromatic heterocycles. The van der Waals surface area contributed by atoms with E-state index in [0.29, 0.717) is 18.1 Å². The fraction of sp³-hybridized carbons (Fsp3) is 0.278. The highest BCUT2D eigenvalue weighted by Crippen LogP contribution is 2.29. The number of fused-ring (bicyclic) bond motifs is 3. The molecule has 3 heterocycles. The molecule has 0 fully saturated rings. The summed E-state index contributed by atoms with van der Waals surface area (Å²) in [6, 6.07) is 9.82. The van der Waals surface area contributed by atoms with Crippen LogP contribution < -0.4 is 4.74 Å². The van der Waals surface area contributed by atoms with Gasteiger partial charge < -0.3 is 9.15 Å². The van der Waals surface area contributed by atoms with Crippen LogP contribution >= 0.6 is 0 Å². The second-order valence-electron chi connectivity index (χ2n) is 5.68. The fourth-order valence-corrected chi connectivity index (χ4v) is 2.76. The van der Waals surface area contributed by atoms with Gasteiger partial charge in [0, 0.05) is 0 Å². The Morgan fingerprint density at radius 1 is 1.17 bits per heavy atom. The van der Waals surface area contributed by atoms with Crippen molar-refractivity contribution in [2.75, 3.05) is 6.61 Å². The van der Waals surface area contributed by atoms with E-state index in [-0.39, 0.29) is 0 Å². The van der Waals surface area contributed by atoms with E-state index in [2.05, 4.69) is 22.1 Å². The van der Waals surface area contributed by atoms with Gasteiger partial charge in [0.25, 0.3) is 5.88 Å². The van der Waals surface area contributed by atoms with Crippen molar-refractivity contribution in [1.29, 1.82) is 0 Å². The third-order valence-electron chi connectivity index (χ3n) is 4.04. The zero-order valence-electron chi connectivity index (χ0n) is 13.7. The van der Waals surface area contributed by atoms with Crippen molar-refractivity contribution in [2.24, 2.45) is 0 Å². The van der Waals surface area contributed by atoms with Gasteiger partial charge in [-0.15, -0.1) is 10.2 Å². The number of hydrogen-bond acceptors (Lipinski definition) is 5. The summed E-state index contributed by atoms with van der Waals surface area (Å²) in [5, 5.41) is 8.70. The van der Waals surface area contributed by atoms with Crippen LogP contribution in [0.25, 0.3) is 28.1 Å². The Labute approximate surface area is 139 Å². The van der Waals surface area contributed by atoms with E-state index in [0.717, 1.165) is 41.0 Å². The van der Waals surface area contributed by atoms with Crippen molar-refractivity contribution < 1.29 is 9.15 Å². The van der Waals surface area contributed by atoms with Gasteiger partial charge in [-0.05, 0) is 31.5 Å². The van der Waals surface area contributed by atoms with Crippen molar-refractivity contribution in [3.8, 4) is 17.3 Å². The summed E-state index contributed by atoms with van der Waals surface area (Å²) < 4.78 is 13.3. The lowest BCUT2D eigenvalue weighted by Gasteiger charge is -2.09. The lowest BCUT2D eigenvalue weighted by Crippen LogP contribution is -2.03. The quantitative estimate of drug-likeness (QED) is 0.519. The third kappa shape index (κ3) is 2.31. The van der Waals surface area contributed by atoms with Gasteiger partial charge in [-0.1, -0.05) is 25.5 Å². The summed E-state index contributed by atoms with van der Waals surface area (Å²) in [6.45, 7) is 4.66. The average molecular weight is 322 g/mol. The molecule has 24 heavy (non-hydrogen) atoms. The molecule has 0 aliphatic rings. The lowest BCUT2D eigenvalue weighted by molar-refractivity contribution is 0.301. The number of rotatable bonds is 5. The molecule has 0 radical (unpaired) electrons. The summed E-state index contributed by atoms with van der Waals surface area (Å²) in [7, 11) is 0. The van der Waals surface area contributed by atoms with Crippen LogP contribution in [0.3, 0.4) is 0 Å². The van der Waals surface area contributed by atoms with Crippen LogP contribution in [0.1, 0.15) is 25.5 Å². The molecule has 0 atom stereocenters. The molecular weight excluding hydrogens is 304 g/mol. The topological polar surface area (TPSA) is 65.5 Å². The maximum Gasteiger partial charge on any atom is 0.260 e. The van der Waals surface area contributed by atoms with Crippen LogP contribution in [0.5, 0.6) is 5.88 Å². The Morgan fingerprint density at radius 3 is 2.83 bits per heavy atom. The van der Waals surface area contributed by atoms with E-state index in [1.807, 2.05) is 41.7 Å². The van der Waals surface area contributed by atoms with Gasteiger partial charge in [-0.25, -0.2) is 4.98 Å². The highest BCUT2D eigenvalue weighted by molar-refractivity contribution is 5.82. The van der Waals surface area contributed by atoms with E-state index in [1.54, 1.807) is 6.26 Å². The maximum absolute atomic E-state index is 5.87. The standard InChI is InChI=1S/C18H18N4O2/c1-3-4-10-24-18-17-21-20-16(13-9-11-23-12(13)2)22(17)15-8-6-5-7-14(15)19-18/h5-9,11H,3-4,10H2,1-2H3. The number of aryl methyl sites for hydroxylation is 1. The molecule has 4 aromatic rings. The Hall–Kier alpha value is -2.89. The Kier molecular flexibility index (Phi) is 3.65. The number of benzene rings is 1. The molecule has 122 valence electrons. The minimum atomic E-state index is 0.516. The number of hydrogen-bond donors (Lipinski definition) is 0. The molecule has 0 amide bonds. The minimum absolute atomic E-state index is 0.516. The number of aromatic nitrogens is 4. The Morgan fingerprint density at radius 2 is 2.04 bits per heavy atom. The van der Waals surface area contributed by atoms with Crippen LogP contribution in [-0.4, -0.2) is 26.2 Å². The van der Waals surface area contributed by atoms with Crippen LogP contribution in [0, 0.1) is 6.92 Å². The largest absolute Gasteiger partial charge is 0.475 e. The normalized spacial score (nSPS) is 11.4. The molecule has 0 N–H and O–H groups in total. The van der Waals surface area contributed by atoms with Crippen LogP contribution in [0.15, 0.2) is 41.0 Å². The number of furan rings is 1. The predicted molar refractivity (Wildman–Crippen MR) is 91.1 cm³/mol. The van der Waals surface area contributed by atoms with Gasteiger partial charge in [0.15, 0.2) is 5.82 Å². The first kappa shape index (κ1) is 14.7. The minimum Gasteiger partial charge on any atom is -0.475 e. The molecule has 6 heteroatoms. The summed E-state index contributed by atoms with van der Waals surface area (Å²) >= 11 is 0. The SMILES string of the molecule is CCCCOc1nc2ccccc2n2c(-c3ccoc3C)nnc12. The number of unbranched alkanes of at least 4 members (excludes halogenated alkanes) is 1.